The Morgan fingerprint density at radius 3 is 2.54 bits per heavy atom. The number of primary amides is 1. The van der Waals surface area contributed by atoms with E-state index in [4.69, 9.17) is 15.9 Å². The van der Waals surface area contributed by atoms with Crippen molar-refractivity contribution in [1.29, 1.82) is 5.41 Å². The van der Waals surface area contributed by atoms with Gasteiger partial charge in [-0.3, -0.25) is 10.7 Å². The Bertz CT molecular complexity index is 310. The number of amidine groups is 1. The molecule has 0 unspecified atom stereocenters. The van der Waals surface area contributed by atoms with Crippen LogP contribution in [0.25, 0.3) is 0 Å². The second-order valence-corrected chi connectivity index (χ2v) is 2.23. The fourth-order valence-corrected chi connectivity index (χ4v) is 0.744. The molecular formula is C8H9N3O2. The van der Waals surface area contributed by atoms with Crippen LogP contribution in [0.4, 0.5) is 4.79 Å². The number of carbonyl (C=O) groups excluding carboxylic acids is 1. The first kappa shape index (κ1) is 9.05. The lowest BCUT2D eigenvalue weighted by molar-refractivity contribution is 0.251. The van der Waals surface area contributed by atoms with Gasteiger partial charge in [-0.2, -0.15) is 0 Å². The number of benzene rings is 1. The number of para-hydroxylation sites is 1. The quantitative estimate of drug-likeness (QED) is 0.437. The first-order chi connectivity index (χ1) is 6.18. The van der Waals surface area contributed by atoms with Gasteiger partial charge in [0, 0.05) is 0 Å². The van der Waals surface area contributed by atoms with E-state index in [2.05, 4.69) is 0 Å². The number of hydrogen-bond donors (Lipinski definition) is 3. The topological polar surface area (TPSA) is 88.2 Å². The maximum Gasteiger partial charge on any atom is 0.320 e. The van der Waals surface area contributed by atoms with Crippen LogP contribution < -0.4 is 15.8 Å². The second kappa shape index (κ2) is 4.10. The summed E-state index contributed by atoms with van der Waals surface area (Å²) in [5.41, 5.74) is 4.78. The minimum absolute atomic E-state index is 0.390. The zero-order valence-corrected chi connectivity index (χ0v) is 6.78. The van der Waals surface area contributed by atoms with Gasteiger partial charge in [-0.25, -0.2) is 4.79 Å². The Hall–Kier alpha value is -2.04. The number of carbonyl (C=O) groups is 1. The third-order valence-electron chi connectivity index (χ3n) is 1.20. The van der Waals surface area contributed by atoms with Crippen molar-refractivity contribution in [3.8, 4) is 5.75 Å². The summed E-state index contributed by atoms with van der Waals surface area (Å²) in [6, 6.07) is 7.45. The maximum absolute atomic E-state index is 10.3. The number of ether oxygens (including phenoxy) is 1. The molecule has 1 rings (SSSR count). The third kappa shape index (κ3) is 3.24. The van der Waals surface area contributed by atoms with E-state index < -0.39 is 12.1 Å². The van der Waals surface area contributed by atoms with Crippen LogP contribution in [-0.4, -0.2) is 12.1 Å². The molecule has 0 aliphatic rings. The van der Waals surface area contributed by atoms with E-state index in [-0.39, 0.29) is 0 Å². The SMILES string of the molecule is N=C(NC(N)=O)Oc1ccccc1. The highest BCUT2D eigenvalue weighted by molar-refractivity contribution is 5.91. The summed E-state index contributed by atoms with van der Waals surface area (Å²) in [6.07, 6.45) is 0. The molecule has 0 fully saturated rings. The van der Waals surface area contributed by atoms with Crippen molar-refractivity contribution in [3.05, 3.63) is 30.3 Å². The molecule has 0 aliphatic carbocycles. The minimum Gasteiger partial charge on any atom is -0.426 e. The molecule has 5 heteroatoms. The molecule has 0 saturated heterocycles. The second-order valence-electron chi connectivity index (χ2n) is 2.23. The molecule has 0 aromatic heterocycles. The molecule has 5 nitrogen and oxygen atoms in total. The molecule has 1 aromatic carbocycles. The van der Waals surface area contributed by atoms with E-state index in [9.17, 15) is 4.79 Å². The molecule has 0 spiro atoms. The zero-order valence-electron chi connectivity index (χ0n) is 6.78. The average molecular weight is 179 g/mol. The molecule has 68 valence electrons. The number of nitrogens with one attached hydrogen (secondary N) is 2. The van der Waals surface area contributed by atoms with Crippen LogP contribution in [0, 0.1) is 5.41 Å². The highest BCUT2D eigenvalue weighted by Crippen LogP contribution is 2.07. The van der Waals surface area contributed by atoms with Crippen LogP contribution in [0.2, 0.25) is 0 Å². The molecule has 0 atom stereocenters. The summed E-state index contributed by atoms with van der Waals surface area (Å²) >= 11 is 0. The van der Waals surface area contributed by atoms with Crippen LogP contribution in [0.5, 0.6) is 5.75 Å². The molecule has 0 bridgehead atoms. The summed E-state index contributed by atoms with van der Waals surface area (Å²) in [5, 5.41) is 9.11. The fourth-order valence-electron chi connectivity index (χ4n) is 0.744. The summed E-state index contributed by atoms with van der Waals surface area (Å²) in [5.74, 6) is 0.473. The number of nitrogens with two attached hydrogens (primary N) is 1. The molecular weight excluding hydrogens is 170 g/mol. The molecule has 0 saturated carbocycles. The smallest absolute Gasteiger partial charge is 0.320 e. The Labute approximate surface area is 75.0 Å². The fraction of sp³-hybridized carbons (Fsp3) is 0. The van der Waals surface area contributed by atoms with E-state index in [1.807, 2.05) is 11.4 Å². The monoisotopic (exact) mass is 179 g/mol. The van der Waals surface area contributed by atoms with E-state index >= 15 is 0 Å². The lowest BCUT2D eigenvalue weighted by Crippen LogP contribution is -2.37. The van der Waals surface area contributed by atoms with E-state index in [0.29, 0.717) is 5.75 Å². The molecule has 13 heavy (non-hydrogen) atoms. The number of hydrogen-bond acceptors (Lipinski definition) is 3. The molecule has 4 N–H and O–H groups in total. The summed E-state index contributed by atoms with van der Waals surface area (Å²) in [7, 11) is 0. The average Bonchev–Trinajstić information content (AvgIpc) is 2.04. The predicted molar refractivity (Wildman–Crippen MR) is 47.5 cm³/mol. The zero-order chi connectivity index (χ0) is 9.68. The van der Waals surface area contributed by atoms with E-state index in [0.717, 1.165) is 0 Å². The minimum atomic E-state index is -0.819. The molecule has 0 aliphatic heterocycles. The van der Waals surface area contributed by atoms with Crippen LogP contribution in [-0.2, 0) is 0 Å². The van der Waals surface area contributed by atoms with E-state index in [1.165, 1.54) is 0 Å². The summed E-state index contributed by atoms with van der Waals surface area (Å²) in [4.78, 5) is 10.3. The Morgan fingerprint density at radius 1 is 1.38 bits per heavy atom. The van der Waals surface area contributed by atoms with Gasteiger partial charge in [0.1, 0.15) is 5.75 Å². The van der Waals surface area contributed by atoms with Crippen LogP contribution in [0.15, 0.2) is 30.3 Å². The van der Waals surface area contributed by atoms with Crippen LogP contribution in [0.3, 0.4) is 0 Å². The lowest BCUT2D eigenvalue weighted by Gasteiger charge is -2.05. The van der Waals surface area contributed by atoms with Crippen molar-refractivity contribution in [2.75, 3.05) is 0 Å². The van der Waals surface area contributed by atoms with Crippen molar-refractivity contribution in [2.45, 2.75) is 0 Å². The van der Waals surface area contributed by atoms with E-state index in [1.54, 1.807) is 24.3 Å². The molecule has 0 heterocycles. The summed E-state index contributed by atoms with van der Waals surface area (Å²) in [6.45, 7) is 0. The highest BCUT2D eigenvalue weighted by Gasteiger charge is 2.00. The van der Waals surface area contributed by atoms with Crippen molar-refractivity contribution in [1.82, 2.24) is 5.32 Å². The van der Waals surface area contributed by atoms with Gasteiger partial charge in [-0.1, -0.05) is 18.2 Å². The van der Waals surface area contributed by atoms with Gasteiger partial charge < -0.3 is 10.5 Å². The van der Waals surface area contributed by atoms with Gasteiger partial charge in [0.25, 0.3) is 6.02 Å². The standard InChI is InChI=1S/C8H9N3O2/c9-7(12)11-8(10)13-6-4-2-1-3-5-6/h1-5H,(H4,9,10,11,12). The molecule has 1 aromatic rings. The first-order valence-electron chi connectivity index (χ1n) is 3.56. The normalized spacial score (nSPS) is 8.92. The van der Waals surface area contributed by atoms with Crippen molar-refractivity contribution in [3.63, 3.8) is 0 Å². The van der Waals surface area contributed by atoms with Gasteiger partial charge in [-0.05, 0) is 12.1 Å². The summed E-state index contributed by atoms with van der Waals surface area (Å²) < 4.78 is 4.90. The maximum atomic E-state index is 10.3. The van der Waals surface area contributed by atoms with Crippen molar-refractivity contribution in [2.24, 2.45) is 5.73 Å². The van der Waals surface area contributed by atoms with Gasteiger partial charge in [-0.15, -0.1) is 0 Å². The van der Waals surface area contributed by atoms with Crippen LogP contribution >= 0.6 is 0 Å². The van der Waals surface area contributed by atoms with Gasteiger partial charge >= 0.3 is 6.03 Å². The van der Waals surface area contributed by atoms with Crippen molar-refractivity contribution >= 4 is 12.1 Å². The first-order valence-corrected chi connectivity index (χ1v) is 3.56. The highest BCUT2D eigenvalue weighted by atomic mass is 16.5. The number of rotatable bonds is 1. The predicted octanol–water partition coefficient (Wildman–Crippen LogP) is 0.668. The van der Waals surface area contributed by atoms with Gasteiger partial charge in [0.15, 0.2) is 0 Å². The van der Waals surface area contributed by atoms with Crippen molar-refractivity contribution < 1.29 is 9.53 Å². The Morgan fingerprint density at radius 2 is 2.00 bits per heavy atom. The number of amides is 2. The third-order valence-corrected chi connectivity index (χ3v) is 1.20. The van der Waals surface area contributed by atoms with Gasteiger partial charge in [0.05, 0.1) is 0 Å². The molecule has 0 radical (unpaired) electrons. The Kier molecular flexibility index (Phi) is 2.86. The Balaban J connectivity index is 2.50. The molecule has 2 amide bonds. The lowest BCUT2D eigenvalue weighted by atomic mass is 10.3. The number of urea groups is 1. The van der Waals surface area contributed by atoms with Crippen LogP contribution in [0.1, 0.15) is 0 Å². The largest absolute Gasteiger partial charge is 0.426 e. The van der Waals surface area contributed by atoms with Gasteiger partial charge in [0.2, 0.25) is 0 Å².